The van der Waals surface area contributed by atoms with Crippen LogP contribution in [0.15, 0.2) is 0 Å². The van der Waals surface area contributed by atoms with Crippen LogP contribution in [0, 0.1) is 27.4 Å². The summed E-state index contributed by atoms with van der Waals surface area (Å²) in [4.78, 5) is 13.1. The number of methoxy groups -OCH3 is 2. The predicted molar refractivity (Wildman–Crippen MR) is 69.1 cm³/mol. The lowest BCUT2D eigenvalue weighted by atomic mass is 9.68. The Morgan fingerprint density at radius 2 is 1.60 bits per heavy atom. The van der Waals surface area contributed by atoms with E-state index in [-0.39, 0.29) is 11.8 Å². The van der Waals surface area contributed by atoms with Crippen molar-refractivity contribution in [1.29, 1.82) is 0 Å². The molecule has 6 atom stereocenters. The summed E-state index contributed by atoms with van der Waals surface area (Å²) < 4.78 is 16.6. The minimum absolute atomic E-state index is 0.208. The summed E-state index contributed by atoms with van der Waals surface area (Å²) >= 11 is 0. The molecule has 20 heavy (non-hydrogen) atoms. The van der Waals surface area contributed by atoms with Crippen LogP contribution in [0.3, 0.4) is 0 Å². The molecule has 1 saturated carbocycles. The van der Waals surface area contributed by atoms with E-state index < -0.39 is 29.1 Å². The van der Waals surface area contributed by atoms with E-state index in [1.807, 2.05) is 27.7 Å². The van der Waals surface area contributed by atoms with Crippen molar-refractivity contribution < 1.29 is 19.1 Å². The first-order valence-electron chi connectivity index (χ1n) is 6.85. The first-order valence-corrected chi connectivity index (χ1v) is 6.85. The van der Waals surface area contributed by atoms with Gasteiger partial charge in [-0.15, -0.1) is 0 Å². The van der Waals surface area contributed by atoms with E-state index in [9.17, 15) is 10.1 Å². The van der Waals surface area contributed by atoms with Gasteiger partial charge in [0.25, 0.3) is 5.54 Å². The number of ether oxygens (including phenoxy) is 3. The molecule has 0 unspecified atom stereocenters. The number of rotatable bonds is 2. The lowest BCUT2D eigenvalue weighted by Crippen LogP contribution is -2.57. The number of hydrogen-bond acceptors (Lipinski definition) is 5. The van der Waals surface area contributed by atoms with E-state index in [1.54, 1.807) is 14.2 Å². The predicted octanol–water partition coefficient (Wildman–Crippen LogP) is 1.26. The molecule has 2 aliphatic heterocycles. The molecule has 3 rings (SSSR count). The van der Waals surface area contributed by atoms with Crippen molar-refractivity contribution in [3.63, 3.8) is 0 Å². The highest BCUT2D eigenvalue weighted by molar-refractivity contribution is 5.25. The Morgan fingerprint density at radius 3 is 2.10 bits per heavy atom. The maximum Gasteiger partial charge on any atom is 0.255 e. The van der Waals surface area contributed by atoms with Gasteiger partial charge in [0.2, 0.25) is 0 Å². The molecular weight excluding hydrogens is 264 g/mol. The second-order valence-corrected chi connectivity index (χ2v) is 6.86. The van der Waals surface area contributed by atoms with Crippen molar-refractivity contribution in [3.8, 4) is 0 Å². The second-order valence-electron chi connectivity index (χ2n) is 6.86. The third-order valence-electron chi connectivity index (χ3n) is 6.49. The van der Waals surface area contributed by atoms with Crippen molar-refractivity contribution in [2.45, 2.75) is 51.4 Å². The minimum Gasteiger partial charge on any atom is -0.704 e. The SMILES string of the molecule is CO[C@H]1O[C@@H](OC)[C@H]2[C@@H]1[C@@]1(C)[N+](=O)N([O-])[C@]2(C)C1(C)C. The molecule has 2 saturated heterocycles. The molecule has 0 aromatic rings. The Morgan fingerprint density at radius 1 is 1.10 bits per heavy atom. The molecule has 114 valence electrons. The number of nitroso groups, excluding NO2 is 1. The average Bonchev–Trinajstić information content (AvgIpc) is 2.89. The van der Waals surface area contributed by atoms with Crippen LogP contribution < -0.4 is 0 Å². The fourth-order valence-corrected chi connectivity index (χ4v) is 4.73. The third kappa shape index (κ3) is 1.07. The maximum atomic E-state index is 12.5. The molecule has 7 nitrogen and oxygen atoms in total. The largest absolute Gasteiger partial charge is 0.704 e. The van der Waals surface area contributed by atoms with Crippen molar-refractivity contribution >= 4 is 0 Å². The van der Waals surface area contributed by atoms with Gasteiger partial charge >= 0.3 is 0 Å². The summed E-state index contributed by atoms with van der Waals surface area (Å²) in [6, 6.07) is 0. The van der Waals surface area contributed by atoms with Crippen LogP contribution >= 0.6 is 0 Å². The molecule has 0 radical (unpaired) electrons. The van der Waals surface area contributed by atoms with Gasteiger partial charge in [0.1, 0.15) is 10.4 Å². The molecule has 0 aromatic heterocycles. The van der Waals surface area contributed by atoms with Gasteiger partial charge in [-0.05, 0) is 6.92 Å². The molecule has 0 spiro atoms. The van der Waals surface area contributed by atoms with Crippen LogP contribution in [0.4, 0.5) is 0 Å². The van der Waals surface area contributed by atoms with Crippen LogP contribution in [0.1, 0.15) is 27.7 Å². The monoisotopic (exact) mass is 286 g/mol. The Labute approximate surface area is 118 Å². The van der Waals surface area contributed by atoms with Gasteiger partial charge < -0.3 is 19.4 Å². The molecule has 0 aromatic carbocycles. The summed E-state index contributed by atoms with van der Waals surface area (Å²) in [5.41, 5.74) is -2.29. The van der Waals surface area contributed by atoms with E-state index in [2.05, 4.69) is 0 Å². The molecule has 7 heteroatoms. The Bertz CT molecular complexity index is 470. The second kappa shape index (κ2) is 3.71. The zero-order chi connectivity index (χ0) is 15.1. The van der Waals surface area contributed by atoms with E-state index in [0.717, 1.165) is 0 Å². The summed E-state index contributed by atoms with van der Waals surface area (Å²) in [5.74, 6) is -0.416. The van der Waals surface area contributed by atoms with Gasteiger partial charge in [-0.1, -0.05) is 13.8 Å². The molecule has 3 aliphatic rings. The molecule has 2 heterocycles. The molecule has 1 aliphatic carbocycles. The molecule has 0 N–H and O–H groups in total. The number of hydrazine groups is 1. The fourth-order valence-electron chi connectivity index (χ4n) is 4.73. The molecular formula is C13H22N2O5. The number of nitrogens with zero attached hydrogens (tertiary/aromatic N) is 2. The van der Waals surface area contributed by atoms with Crippen molar-refractivity contribution in [3.05, 3.63) is 10.1 Å². The highest BCUT2D eigenvalue weighted by Gasteiger charge is 2.89. The fraction of sp³-hybridized carbons (Fsp3) is 1.00. The van der Waals surface area contributed by atoms with Gasteiger partial charge in [-0.2, -0.15) is 5.17 Å². The van der Waals surface area contributed by atoms with Crippen LogP contribution in [-0.2, 0) is 14.2 Å². The summed E-state index contributed by atoms with van der Waals surface area (Å²) in [7, 11) is 3.10. The van der Waals surface area contributed by atoms with E-state index in [4.69, 9.17) is 14.2 Å². The summed E-state index contributed by atoms with van der Waals surface area (Å²) in [6.45, 7) is 7.59. The quantitative estimate of drug-likeness (QED) is 0.711. The van der Waals surface area contributed by atoms with Crippen molar-refractivity contribution in [1.82, 2.24) is 5.17 Å². The molecule has 3 fully saturated rings. The van der Waals surface area contributed by atoms with E-state index in [1.165, 1.54) is 0 Å². The average molecular weight is 286 g/mol. The van der Waals surface area contributed by atoms with E-state index >= 15 is 0 Å². The minimum atomic E-state index is -0.887. The van der Waals surface area contributed by atoms with Crippen LogP contribution in [0.25, 0.3) is 0 Å². The topological polar surface area (TPSA) is 74.1 Å². The number of fused-ring (bicyclic) bond motifs is 5. The number of hydrogen-bond donors (Lipinski definition) is 0. The standard InChI is InChI=1S/C13H22N2O5/c1-11(2)12(3)7-8(10(19-6)20-9(7)18-5)13(11,4)15(17)14(12)16/h7-10H,1-6H3/t7-,8+,9-,10+,12+,13-. The first kappa shape index (κ1) is 14.2. The Balaban J connectivity index is 2.21. The van der Waals surface area contributed by atoms with Gasteiger partial charge in [-0.25, -0.2) is 0 Å². The normalized spacial score (nSPS) is 52.8. The zero-order valence-electron chi connectivity index (χ0n) is 12.7. The lowest BCUT2D eigenvalue weighted by Gasteiger charge is -2.43. The zero-order valence-corrected chi connectivity index (χ0v) is 12.7. The maximum absolute atomic E-state index is 12.5. The van der Waals surface area contributed by atoms with Gasteiger partial charge in [0.05, 0.1) is 22.2 Å². The number of hydroxylamine groups is 1. The summed E-state index contributed by atoms with van der Waals surface area (Å²) in [5, 5.41) is 13.1. The third-order valence-corrected chi connectivity index (χ3v) is 6.49. The Kier molecular flexibility index (Phi) is 2.63. The van der Waals surface area contributed by atoms with Crippen molar-refractivity contribution in [2.75, 3.05) is 14.2 Å². The Hall–Kier alpha value is -0.760. The highest BCUT2D eigenvalue weighted by Crippen LogP contribution is 2.71. The van der Waals surface area contributed by atoms with Gasteiger partial charge in [-0.3, -0.25) is 0 Å². The van der Waals surface area contributed by atoms with Gasteiger partial charge in [0, 0.05) is 21.1 Å². The molecule has 0 amide bonds. The van der Waals surface area contributed by atoms with Crippen LogP contribution in [-0.4, -0.2) is 47.9 Å². The molecule has 2 bridgehead atoms. The van der Waals surface area contributed by atoms with Crippen LogP contribution in [0.5, 0.6) is 0 Å². The van der Waals surface area contributed by atoms with Crippen LogP contribution in [0.2, 0.25) is 0 Å². The first-order chi connectivity index (χ1) is 9.19. The van der Waals surface area contributed by atoms with E-state index in [0.29, 0.717) is 10.0 Å². The highest BCUT2D eigenvalue weighted by atomic mass is 16.8. The lowest BCUT2D eigenvalue weighted by molar-refractivity contribution is -0.757. The smallest absolute Gasteiger partial charge is 0.255 e. The summed E-state index contributed by atoms with van der Waals surface area (Å²) in [6.07, 6.45) is -1.08. The van der Waals surface area contributed by atoms with Crippen molar-refractivity contribution in [2.24, 2.45) is 17.3 Å². The van der Waals surface area contributed by atoms with Gasteiger partial charge in [0.15, 0.2) is 12.6 Å².